The number of pyridine rings is 1. The second-order valence-electron chi connectivity index (χ2n) is 4.51. The van der Waals surface area contributed by atoms with Crippen LogP contribution >= 0.6 is 11.6 Å². The summed E-state index contributed by atoms with van der Waals surface area (Å²) >= 11 is 5.78. The highest BCUT2D eigenvalue weighted by molar-refractivity contribution is 7.89. The van der Waals surface area contributed by atoms with Crippen LogP contribution in [-0.4, -0.2) is 19.9 Å². The van der Waals surface area contributed by atoms with E-state index >= 15 is 0 Å². The SMILES string of the molecule is Cc1cc(F)ccc1CCNS(=O)(=O)c1cccnc1Cl. The number of aryl methyl sites for hydroxylation is 1. The molecule has 0 fully saturated rings. The second kappa shape index (κ2) is 6.51. The van der Waals surface area contributed by atoms with Gasteiger partial charge in [0.2, 0.25) is 10.0 Å². The maximum atomic E-state index is 13.0. The minimum atomic E-state index is -3.70. The molecule has 2 rings (SSSR count). The fourth-order valence-electron chi connectivity index (χ4n) is 1.91. The maximum Gasteiger partial charge on any atom is 0.243 e. The smallest absolute Gasteiger partial charge is 0.243 e. The molecule has 1 N–H and O–H groups in total. The number of nitrogens with zero attached hydrogens (tertiary/aromatic N) is 1. The number of aromatic nitrogens is 1. The number of halogens is 2. The van der Waals surface area contributed by atoms with Crippen molar-refractivity contribution in [3.8, 4) is 0 Å². The minimum Gasteiger partial charge on any atom is -0.243 e. The monoisotopic (exact) mass is 328 g/mol. The first kappa shape index (κ1) is 15.9. The third-order valence-corrected chi connectivity index (χ3v) is 4.91. The summed E-state index contributed by atoms with van der Waals surface area (Å²) in [5.41, 5.74) is 1.67. The number of sulfonamides is 1. The molecule has 0 aliphatic heterocycles. The van der Waals surface area contributed by atoms with Crippen LogP contribution < -0.4 is 4.72 Å². The summed E-state index contributed by atoms with van der Waals surface area (Å²) in [6, 6.07) is 7.32. The van der Waals surface area contributed by atoms with E-state index < -0.39 is 10.0 Å². The van der Waals surface area contributed by atoms with E-state index in [2.05, 4.69) is 9.71 Å². The molecule has 0 bridgehead atoms. The van der Waals surface area contributed by atoms with Gasteiger partial charge in [0.1, 0.15) is 15.9 Å². The first-order valence-electron chi connectivity index (χ1n) is 6.25. The topological polar surface area (TPSA) is 59.1 Å². The molecule has 112 valence electrons. The van der Waals surface area contributed by atoms with E-state index in [4.69, 9.17) is 11.6 Å². The highest BCUT2D eigenvalue weighted by Gasteiger charge is 2.17. The van der Waals surface area contributed by atoms with Crippen molar-refractivity contribution >= 4 is 21.6 Å². The Bertz CT molecular complexity index is 750. The molecule has 0 radical (unpaired) electrons. The molecule has 4 nitrogen and oxygen atoms in total. The molecule has 0 amide bonds. The summed E-state index contributed by atoms with van der Waals surface area (Å²) in [6.07, 6.45) is 1.88. The quantitative estimate of drug-likeness (QED) is 0.858. The molecule has 7 heteroatoms. The number of hydrogen-bond acceptors (Lipinski definition) is 3. The van der Waals surface area contributed by atoms with Gasteiger partial charge >= 0.3 is 0 Å². The lowest BCUT2D eigenvalue weighted by molar-refractivity contribution is 0.581. The lowest BCUT2D eigenvalue weighted by atomic mass is 10.1. The van der Waals surface area contributed by atoms with Gasteiger partial charge in [-0.25, -0.2) is 22.5 Å². The predicted octanol–water partition coefficient (Wildman–Crippen LogP) is 2.70. The fourth-order valence-corrected chi connectivity index (χ4v) is 3.39. The molecule has 0 spiro atoms. The van der Waals surface area contributed by atoms with Crippen LogP contribution in [0.2, 0.25) is 5.15 Å². The van der Waals surface area contributed by atoms with Crippen LogP contribution in [0.15, 0.2) is 41.4 Å². The summed E-state index contributed by atoms with van der Waals surface area (Å²) in [5, 5.41) is -0.0667. The minimum absolute atomic E-state index is 0.0532. The summed E-state index contributed by atoms with van der Waals surface area (Å²) in [6.45, 7) is 1.98. The van der Waals surface area contributed by atoms with Crippen molar-refractivity contribution in [1.82, 2.24) is 9.71 Å². The van der Waals surface area contributed by atoms with Crippen LogP contribution in [-0.2, 0) is 16.4 Å². The summed E-state index contributed by atoms with van der Waals surface area (Å²) in [5.74, 6) is -0.307. The van der Waals surface area contributed by atoms with Crippen molar-refractivity contribution < 1.29 is 12.8 Å². The number of rotatable bonds is 5. The van der Waals surface area contributed by atoms with Crippen LogP contribution in [0, 0.1) is 12.7 Å². The van der Waals surface area contributed by atoms with Crippen LogP contribution in [0.4, 0.5) is 4.39 Å². The van der Waals surface area contributed by atoms with Crippen LogP contribution in [0.1, 0.15) is 11.1 Å². The molecule has 21 heavy (non-hydrogen) atoms. The number of nitrogens with one attached hydrogen (secondary N) is 1. The van der Waals surface area contributed by atoms with Gasteiger partial charge in [-0.05, 0) is 48.7 Å². The maximum absolute atomic E-state index is 13.0. The van der Waals surface area contributed by atoms with Crippen molar-refractivity contribution in [1.29, 1.82) is 0 Å². The summed E-state index contributed by atoms with van der Waals surface area (Å²) in [4.78, 5) is 3.69. The van der Waals surface area contributed by atoms with Crippen molar-refractivity contribution in [2.24, 2.45) is 0 Å². The van der Waals surface area contributed by atoms with Crippen LogP contribution in [0.3, 0.4) is 0 Å². The van der Waals surface area contributed by atoms with Crippen LogP contribution in [0.5, 0.6) is 0 Å². The Hall–Kier alpha value is -1.50. The average molecular weight is 329 g/mol. The zero-order valence-electron chi connectivity index (χ0n) is 11.3. The first-order chi connectivity index (χ1) is 9.90. The normalized spacial score (nSPS) is 11.6. The van der Waals surface area contributed by atoms with E-state index in [0.29, 0.717) is 6.42 Å². The zero-order valence-corrected chi connectivity index (χ0v) is 12.9. The summed E-state index contributed by atoms with van der Waals surface area (Å²) in [7, 11) is -3.70. The van der Waals surface area contributed by atoms with Crippen molar-refractivity contribution in [3.63, 3.8) is 0 Å². The van der Waals surface area contributed by atoms with Gasteiger partial charge in [-0.2, -0.15) is 0 Å². The second-order valence-corrected chi connectivity index (χ2v) is 6.60. The lowest BCUT2D eigenvalue weighted by Gasteiger charge is -2.09. The van der Waals surface area contributed by atoms with Gasteiger partial charge in [-0.15, -0.1) is 0 Å². The Balaban J connectivity index is 2.04. The van der Waals surface area contributed by atoms with Gasteiger partial charge in [0.25, 0.3) is 0 Å². The molecule has 0 aliphatic rings. The molecule has 0 saturated carbocycles. The third kappa shape index (κ3) is 4.00. The van der Waals surface area contributed by atoms with Gasteiger partial charge in [0.05, 0.1) is 0 Å². The number of hydrogen-bond donors (Lipinski definition) is 1. The lowest BCUT2D eigenvalue weighted by Crippen LogP contribution is -2.26. The number of benzene rings is 1. The molecule has 1 aromatic carbocycles. The van der Waals surface area contributed by atoms with E-state index in [1.165, 1.54) is 30.5 Å². The predicted molar refractivity (Wildman–Crippen MR) is 79.3 cm³/mol. The van der Waals surface area contributed by atoms with Gasteiger partial charge < -0.3 is 0 Å². The van der Waals surface area contributed by atoms with Gasteiger partial charge in [0, 0.05) is 12.7 Å². The zero-order chi connectivity index (χ0) is 15.5. The molecule has 2 aromatic rings. The Morgan fingerprint density at radius 3 is 2.76 bits per heavy atom. The van der Waals surface area contributed by atoms with E-state index in [9.17, 15) is 12.8 Å². The highest BCUT2D eigenvalue weighted by Crippen LogP contribution is 2.17. The fraction of sp³-hybridized carbons (Fsp3) is 0.214. The van der Waals surface area contributed by atoms with E-state index in [1.54, 1.807) is 13.0 Å². The van der Waals surface area contributed by atoms with E-state index in [-0.39, 0.29) is 22.4 Å². The first-order valence-corrected chi connectivity index (χ1v) is 8.11. The molecule has 1 heterocycles. The van der Waals surface area contributed by atoms with E-state index in [0.717, 1.165) is 11.1 Å². The van der Waals surface area contributed by atoms with Crippen molar-refractivity contribution in [2.75, 3.05) is 6.54 Å². The Labute approximate surface area is 128 Å². The molecule has 0 atom stereocenters. The Kier molecular flexibility index (Phi) is 4.92. The molecule has 0 saturated heterocycles. The van der Waals surface area contributed by atoms with Gasteiger partial charge in [-0.3, -0.25) is 0 Å². The Morgan fingerprint density at radius 1 is 1.33 bits per heavy atom. The standard InChI is InChI=1S/C14H14ClFN2O2S/c1-10-9-12(16)5-4-11(10)6-8-18-21(19,20)13-3-2-7-17-14(13)15/h2-5,7,9,18H,6,8H2,1H3. The molecular weight excluding hydrogens is 315 g/mol. The van der Waals surface area contributed by atoms with E-state index in [1.807, 2.05) is 0 Å². The molecule has 1 aromatic heterocycles. The van der Waals surface area contributed by atoms with Crippen molar-refractivity contribution in [3.05, 3.63) is 58.6 Å². The average Bonchev–Trinajstić information content (AvgIpc) is 2.41. The van der Waals surface area contributed by atoms with Gasteiger partial charge in [-0.1, -0.05) is 17.7 Å². The Morgan fingerprint density at radius 2 is 2.10 bits per heavy atom. The third-order valence-electron chi connectivity index (χ3n) is 3.01. The molecule has 0 aliphatic carbocycles. The molecular formula is C14H14ClFN2O2S. The summed E-state index contributed by atoms with van der Waals surface area (Å²) < 4.78 is 39.6. The molecule has 0 unspecified atom stereocenters. The van der Waals surface area contributed by atoms with Crippen molar-refractivity contribution in [2.45, 2.75) is 18.2 Å². The van der Waals surface area contributed by atoms with Crippen LogP contribution in [0.25, 0.3) is 0 Å². The van der Waals surface area contributed by atoms with Gasteiger partial charge in [0.15, 0.2) is 0 Å². The largest absolute Gasteiger partial charge is 0.243 e. The highest BCUT2D eigenvalue weighted by atomic mass is 35.5.